The van der Waals surface area contributed by atoms with E-state index in [9.17, 15) is 14.7 Å². The second kappa shape index (κ2) is 6.23. The van der Waals surface area contributed by atoms with Crippen LogP contribution in [0.2, 0.25) is 0 Å². The molecule has 3 rings (SSSR count). The summed E-state index contributed by atoms with van der Waals surface area (Å²) in [6.07, 6.45) is 1.77. The molecule has 6 nitrogen and oxygen atoms in total. The molecule has 1 aromatic heterocycles. The number of hydrogen-bond acceptors (Lipinski definition) is 5. The predicted octanol–water partition coefficient (Wildman–Crippen LogP) is 2.09. The van der Waals surface area contributed by atoms with Gasteiger partial charge in [-0.3, -0.25) is 9.59 Å². The zero-order valence-electron chi connectivity index (χ0n) is 13.1. The van der Waals surface area contributed by atoms with Crippen LogP contribution in [-0.2, 0) is 4.79 Å². The summed E-state index contributed by atoms with van der Waals surface area (Å²) in [5, 5.41) is 10.1. The van der Waals surface area contributed by atoms with Crippen LogP contribution < -0.4 is 15.9 Å². The summed E-state index contributed by atoms with van der Waals surface area (Å²) in [5.41, 5.74) is 6.35. The normalized spacial score (nSPS) is 14.3. The number of carbonyl (C=O) groups excluding carboxylic acids is 1. The summed E-state index contributed by atoms with van der Waals surface area (Å²) in [6.45, 7) is 1.82. The van der Waals surface area contributed by atoms with Crippen LogP contribution in [0.3, 0.4) is 0 Å². The molecule has 1 aliphatic heterocycles. The van der Waals surface area contributed by atoms with Crippen molar-refractivity contribution in [1.29, 1.82) is 0 Å². The number of fused-ring (bicyclic) bond motifs is 1. The first-order valence-electron chi connectivity index (χ1n) is 7.50. The lowest BCUT2D eigenvalue weighted by Gasteiger charge is -2.24. The molecule has 0 spiro atoms. The largest absolute Gasteiger partial charge is 0.502 e. The topological polar surface area (TPSA) is 103 Å². The van der Waals surface area contributed by atoms with Crippen LogP contribution in [0, 0.1) is 6.92 Å². The Hall–Kier alpha value is -3.02. The zero-order valence-corrected chi connectivity index (χ0v) is 13.1. The van der Waals surface area contributed by atoms with Gasteiger partial charge >= 0.3 is 0 Å². The summed E-state index contributed by atoms with van der Waals surface area (Å²) in [5.74, 6) is -0.625. The highest BCUT2D eigenvalue weighted by atomic mass is 16.5. The van der Waals surface area contributed by atoms with Crippen molar-refractivity contribution in [1.82, 2.24) is 0 Å². The summed E-state index contributed by atoms with van der Waals surface area (Å²) >= 11 is 0. The van der Waals surface area contributed by atoms with Crippen molar-refractivity contribution in [3.8, 4) is 11.5 Å². The number of ether oxygens (including phenoxy) is 1. The molecule has 1 amide bonds. The Morgan fingerprint density at radius 3 is 2.88 bits per heavy atom. The van der Waals surface area contributed by atoms with E-state index < -0.39 is 23.0 Å². The molecule has 124 valence electrons. The summed E-state index contributed by atoms with van der Waals surface area (Å²) < 4.78 is 11.2. The first-order chi connectivity index (χ1) is 11.5. The first-order valence-corrected chi connectivity index (χ1v) is 7.50. The van der Waals surface area contributed by atoms with E-state index >= 15 is 0 Å². The lowest BCUT2D eigenvalue weighted by atomic mass is 9.89. The summed E-state index contributed by atoms with van der Waals surface area (Å²) in [7, 11) is 0. The second-order valence-electron chi connectivity index (χ2n) is 5.70. The van der Waals surface area contributed by atoms with Crippen molar-refractivity contribution in [2.45, 2.75) is 19.3 Å². The van der Waals surface area contributed by atoms with Crippen LogP contribution in [0.15, 0.2) is 45.1 Å². The number of benzene rings is 1. The average Bonchev–Trinajstić information content (AvgIpc) is 2.55. The van der Waals surface area contributed by atoms with Gasteiger partial charge in [0.15, 0.2) is 5.76 Å². The molecule has 1 atom stereocenters. The average molecular weight is 327 g/mol. The number of nitrogens with two attached hydrogens (primary N) is 1. The Bertz CT molecular complexity index is 881. The SMILES string of the molecule is Cc1cc(=O)c(O)c([C@@H](CC(N)=O)C2=Cc3ccccc3OC2)o1. The maximum atomic E-state index is 11.9. The van der Waals surface area contributed by atoms with Gasteiger partial charge in [0.05, 0.1) is 5.92 Å². The van der Waals surface area contributed by atoms with Gasteiger partial charge in [-0.2, -0.15) is 0 Å². The number of rotatable bonds is 4. The third-order valence-electron chi connectivity index (χ3n) is 3.90. The molecule has 3 N–H and O–H groups in total. The third kappa shape index (κ3) is 3.03. The van der Waals surface area contributed by atoms with Crippen molar-refractivity contribution in [2.24, 2.45) is 5.73 Å². The van der Waals surface area contributed by atoms with E-state index in [1.54, 1.807) is 6.92 Å². The van der Waals surface area contributed by atoms with Crippen LogP contribution in [0.5, 0.6) is 11.5 Å². The fourth-order valence-electron chi connectivity index (χ4n) is 2.79. The highest BCUT2D eigenvalue weighted by Gasteiger charge is 2.28. The Morgan fingerprint density at radius 1 is 1.38 bits per heavy atom. The Balaban J connectivity index is 2.11. The molecule has 0 radical (unpaired) electrons. The van der Waals surface area contributed by atoms with Crippen molar-refractivity contribution in [2.75, 3.05) is 6.61 Å². The van der Waals surface area contributed by atoms with E-state index in [2.05, 4.69) is 0 Å². The molecule has 1 aliphatic rings. The van der Waals surface area contributed by atoms with Crippen molar-refractivity contribution >= 4 is 12.0 Å². The van der Waals surface area contributed by atoms with Crippen molar-refractivity contribution in [3.63, 3.8) is 0 Å². The van der Waals surface area contributed by atoms with E-state index in [4.69, 9.17) is 14.9 Å². The molecule has 2 heterocycles. The van der Waals surface area contributed by atoms with Gasteiger partial charge in [0.2, 0.25) is 17.1 Å². The van der Waals surface area contributed by atoms with Gasteiger partial charge in [-0.05, 0) is 24.6 Å². The van der Waals surface area contributed by atoms with Gasteiger partial charge in [0.1, 0.15) is 18.1 Å². The maximum Gasteiger partial charge on any atom is 0.227 e. The van der Waals surface area contributed by atoms with Gasteiger partial charge in [0.25, 0.3) is 0 Å². The molecule has 0 bridgehead atoms. The number of aromatic hydroxyl groups is 1. The fourth-order valence-corrected chi connectivity index (χ4v) is 2.79. The van der Waals surface area contributed by atoms with Crippen LogP contribution in [-0.4, -0.2) is 17.6 Å². The number of primary amides is 1. The Labute approximate surface area is 138 Å². The van der Waals surface area contributed by atoms with E-state index in [1.165, 1.54) is 6.07 Å². The molecular weight excluding hydrogens is 310 g/mol. The highest BCUT2D eigenvalue weighted by molar-refractivity contribution is 5.76. The Kier molecular flexibility index (Phi) is 4.12. The van der Waals surface area contributed by atoms with Crippen molar-refractivity contribution < 1.29 is 19.1 Å². The van der Waals surface area contributed by atoms with Crippen LogP contribution in [0.4, 0.5) is 0 Å². The van der Waals surface area contributed by atoms with Gasteiger partial charge in [-0.25, -0.2) is 0 Å². The predicted molar refractivity (Wildman–Crippen MR) is 87.8 cm³/mol. The number of hydrogen-bond donors (Lipinski definition) is 2. The second-order valence-corrected chi connectivity index (χ2v) is 5.70. The third-order valence-corrected chi connectivity index (χ3v) is 3.90. The monoisotopic (exact) mass is 327 g/mol. The van der Waals surface area contributed by atoms with E-state index in [0.29, 0.717) is 11.3 Å². The number of carbonyl (C=O) groups is 1. The molecule has 6 heteroatoms. The summed E-state index contributed by atoms with van der Waals surface area (Å²) in [6, 6.07) is 8.65. The molecular formula is C18H17NO5. The molecule has 24 heavy (non-hydrogen) atoms. The minimum Gasteiger partial charge on any atom is -0.502 e. The minimum absolute atomic E-state index is 0.0352. The molecule has 1 aromatic carbocycles. The lowest BCUT2D eigenvalue weighted by Crippen LogP contribution is -2.21. The Morgan fingerprint density at radius 2 is 2.12 bits per heavy atom. The van der Waals surface area contributed by atoms with E-state index in [-0.39, 0.29) is 18.8 Å². The molecule has 0 unspecified atom stereocenters. The van der Waals surface area contributed by atoms with Gasteiger partial charge in [0, 0.05) is 18.1 Å². The van der Waals surface area contributed by atoms with Crippen LogP contribution in [0.25, 0.3) is 6.08 Å². The fraction of sp³-hybridized carbons (Fsp3) is 0.222. The highest BCUT2D eigenvalue weighted by Crippen LogP contribution is 2.37. The molecule has 0 aliphatic carbocycles. The van der Waals surface area contributed by atoms with Gasteiger partial charge < -0.3 is 20.0 Å². The number of aryl methyl sites for hydroxylation is 1. The first kappa shape index (κ1) is 15.9. The van der Waals surface area contributed by atoms with Gasteiger partial charge in [-0.1, -0.05) is 18.2 Å². The van der Waals surface area contributed by atoms with E-state index in [1.807, 2.05) is 30.3 Å². The molecule has 2 aromatic rings. The zero-order chi connectivity index (χ0) is 17.3. The van der Waals surface area contributed by atoms with E-state index in [0.717, 1.165) is 11.3 Å². The number of para-hydroxylation sites is 1. The quantitative estimate of drug-likeness (QED) is 0.895. The smallest absolute Gasteiger partial charge is 0.227 e. The minimum atomic E-state index is -0.663. The van der Waals surface area contributed by atoms with Gasteiger partial charge in [-0.15, -0.1) is 0 Å². The molecule has 0 saturated heterocycles. The van der Waals surface area contributed by atoms with Crippen LogP contribution in [0.1, 0.15) is 29.4 Å². The lowest BCUT2D eigenvalue weighted by molar-refractivity contribution is -0.118. The standard InChI is InChI=1S/C18H17NO5/c1-10-6-14(20)17(22)18(24-10)13(8-16(19)21)12-7-11-4-2-3-5-15(11)23-9-12/h2-7,13,22H,8-9H2,1H3,(H2,19,21)/t13-/m0/s1. The number of amides is 1. The summed E-state index contributed by atoms with van der Waals surface area (Å²) in [4.78, 5) is 23.4. The maximum absolute atomic E-state index is 11.9. The molecule has 0 saturated carbocycles. The molecule has 0 fully saturated rings. The van der Waals surface area contributed by atoms with Crippen LogP contribution >= 0.6 is 0 Å². The van der Waals surface area contributed by atoms with Crippen molar-refractivity contribution in [3.05, 3.63) is 63.2 Å².